The van der Waals surface area contributed by atoms with E-state index in [0.717, 1.165) is 17.0 Å². The summed E-state index contributed by atoms with van der Waals surface area (Å²) in [6.07, 6.45) is -2.72. The number of rotatable bonds is 2. The van der Waals surface area contributed by atoms with Gasteiger partial charge in [0.05, 0.1) is 26.3 Å². The van der Waals surface area contributed by atoms with E-state index in [1.165, 1.54) is 29.3 Å². The molecule has 1 atom stereocenters. The zero-order valence-corrected chi connectivity index (χ0v) is 16.6. The maximum absolute atomic E-state index is 14.6. The van der Waals surface area contributed by atoms with Crippen molar-refractivity contribution in [1.29, 1.82) is 0 Å². The Bertz CT molecular complexity index is 1000. The standard InChI is InChI=1S/C20H19F3N4O4/c1-13-24-7-6-16(25-13)17(28)26-8-9-30-12-19(10-26)11-27(18(29)20(22,23)31-19)15-4-2-14(21)3-5-15/h2-7H,8-12H2,1H3. The molecule has 31 heavy (non-hydrogen) atoms. The summed E-state index contributed by atoms with van der Waals surface area (Å²) in [5.74, 6) is -2.24. The Hall–Kier alpha value is -3.05. The second-order valence-electron chi connectivity index (χ2n) is 7.44. The first-order valence-electron chi connectivity index (χ1n) is 9.51. The first-order valence-corrected chi connectivity index (χ1v) is 9.51. The van der Waals surface area contributed by atoms with Gasteiger partial charge in [-0.2, -0.15) is 8.78 Å². The number of hydrogen-bond acceptors (Lipinski definition) is 6. The third-order valence-electron chi connectivity index (χ3n) is 5.06. The second-order valence-corrected chi connectivity index (χ2v) is 7.44. The lowest BCUT2D eigenvalue weighted by molar-refractivity contribution is -0.293. The maximum Gasteiger partial charge on any atom is 0.437 e. The van der Waals surface area contributed by atoms with Crippen molar-refractivity contribution in [3.63, 3.8) is 0 Å². The van der Waals surface area contributed by atoms with Crippen molar-refractivity contribution in [2.24, 2.45) is 0 Å². The number of ether oxygens (including phenoxy) is 2. The Labute approximate surface area is 175 Å². The average Bonchev–Trinajstić information content (AvgIpc) is 2.93. The van der Waals surface area contributed by atoms with Gasteiger partial charge in [-0.15, -0.1) is 0 Å². The van der Waals surface area contributed by atoms with Crippen LogP contribution in [0.5, 0.6) is 0 Å². The molecule has 11 heteroatoms. The van der Waals surface area contributed by atoms with E-state index >= 15 is 0 Å². The Kier molecular flexibility index (Phi) is 5.40. The van der Waals surface area contributed by atoms with Gasteiger partial charge in [0.25, 0.3) is 5.91 Å². The molecule has 2 aliphatic rings. The molecule has 1 spiro atoms. The highest BCUT2D eigenvalue weighted by Gasteiger charge is 2.58. The van der Waals surface area contributed by atoms with Crippen molar-refractivity contribution >= 4 is 17.5 Å². The molecular formula is C20H19F3N4O4. The van der Waals surface area contributed by atoms with Gasteiger partial charge in [0, 0.05) is 18.4 Å². The molecule has 2 fully saturated rings. The lowest BCUT2D eigenvalue weighted by atomic mass is 10.00. The van der Waals surface area contributed by atoms with E-state index in [9.17, 15) is 22.8 Å². The van der Waals surface area contributed by atoms with Gasteiger partial charge < -0.3 is 14.5 Å². The van der Waals surface area contributed by atoms with Crippen LogP contribution in [0, 0.1) is 12.7 Å². The Balaban J connectivity index is 1.65. The molecule has 1 aromatic heterocycles. The number of alkyl halides is 2. The second kappa shape index (κ2) is 7.89. The van der Waals surface area contributed by atoms with Crippen LogP contribution < -0.4 is 4.90 Å². The van der Waals surface area contributed by atoms with E-state index in [2.05, 4.69) is 9.97 Å². The van der Waals surface area contributed by atoms with E-state index in [1.54, 1.807) is 6.92 Å². The minimum absolute atomic E-state index is 0.0855. The summed E-state index contributed by atoms with van der Waals surface area (Å²) in [4.78, 5) is 35.5. The number of morpholine rings is 1. The molecule has 1 aromatic carbocycles. The summed E-state index contributed by atoms with van der Waals surface area (Å²) in [6, 6.07) is 6.02. The number of anilines is 1. The smallest absolute Gasteiger partial charge is 0.376 e. The first-order chi connectivity index (χ1) is 14.7. The molecule has 164 valence electrons. The van der Waals surface area contributed by atoms with Crippen LogP contribution in [0.1, 0.15) is 16.3 Å². The van der Waals surface area contributed by atoms with Gasteiger partial charge in [-0.3, -0.25) is 14.3 Å². The highest BCUT2D eigenvalue weighted by molar-refractivity contribution is 5.98. The van der Waals surface area contributed by atoms with Crippen molar-refractivity contribution in [2.75, 3.05) is 37.7 Å². The van der Waals surface area contributed by atoms with Crippen LogP contribution in [0.15, 0.2) is 36.5 Å². The van der Waals surface area contributed by atoms with Crippen LogP contribution in [-0.2, 0) is 14.3 Å². The molecule has 4 rings (SSSR count). The molecule has 0 aliphatic carbocycles. The third-order valence-corrected chi connectivity index (χ3v) is 5.06. The van der Waals surface area contributed by atoms with Gasteiger partial charge in [0.2, 0.25) is 0 Å². The molecule has 0 radical (unpaired) electrons. The fraction of sp³-hybridized carbons (Fsp3) is 0.400. The van der Waals surface area contributed by atoms with Crippen molar-refractivity contribution in [2.45, 2.75) is 18.6 Å². The number of aromatic nitrogens is 2. The lowest BCUT2D eigenvalue weighted by Crippen LogP contribution is -2.66. The Morgan fingerprint density at radius 3 is 2.61 bits per heavy atom. The van der Waals surface area contributed by atoms with E-state index in [4.69, 9.17) is 9.47 Å². The van der Waals surface area contributed by atoms with Crippen LogP contribution in [0.4, 0.5) is 18.9 Å². The molecule has 2 amide bonds. The number of carbonyl (C=O) groups is 2. The van der Waals surface area contributed by atoms with Crippen LogP contribution >= 0.6 is 0 Å². The largest absolute Gasteiger partial charge is 0.437 e. The van der Waals surface area contributed by atoms with Gasteiger partial charge in [-0.25, -0.2) is 14.4 Å². The first kappa shape index (κ1) is 21.2. The quantitative estimate of drug-likeness (QED) is 0.714. The van der Waals surface area contributed by atoms with Gasteiger partial charge in [-0.1, -0.05) is 0 Å². The average molecular weight is 436 g/mol. The van der Waals surface area contributed by atoms with Crippen molar-refractivity contribution < 1.29 is 32.2 Å². The monoisotopic (exact) mass is 436 g/mol. The number of benzene rings is 1. The zero-order valence-electron chi connectivity index (χ0n) is 16.6. The predicted molar refractivity (Wildman–Crippen MR) is 101 cm³/mol. The highest BCUT2D eigenvalue weighted by atomic mass is 19.3. The SMILES string of the molecule is Cc1nccc(C(=O)N2CCOCC3(C2)CN(c2ccc(F)cc2)C(=O)C(F)(F)O3)n1. The fourth-order valence-electron chi connectivity index (χ4n) is 3.67. The lowest BCUT2D eigenvalue weighted by Gasteiger charge is -2.45. The third kappa shape index (κ3) is 4.23. The molecule has 3 heterocycles. The van der Waals surface area contributed by atoms with Gasteiger partial charge in [0.15, 0.2) is 0 Å². The van der Waals surface area contributed by atoms with Crippen LogP contribution in [0.25, 0.3) is 0 Å². The van der Waals surface area contributed by atoms with E-state index < -0.39 is 29.3 Å². The van der Waals surface area contributed by atoms with Crippen LogP contribution in [0.2, 0.25) is 0 Å². The minimum Gasteiger partial charge on any atom is -0.376 e. The van der Waals surface area contributed by atoms with Crippen molar-refractivity contribution in [1.82, 2.24) is 14.9 Å². The van der Waals surface area contributed by atoms with E-state index in [1.807, 2.05) is 0 Å². The number of carbonyl (C=O) groups excluding carboxylic acids is 2. The summed E-state index contributed by atoms with van der Waals surface area (Å²) >= 11 is 0. The molecule has 2 saturated heterocycles. The Morgan fingerprint density at radius 1 is 1.16 bits per heavy atom. The molecule has 2 aromatic rings. The fourth-order valence-corrected chi connectivity index (χ4v) is 3.67. The number of nitrogens with zero attached hydrogens (tertiary/aromatic N) is 4. The summed E-state index contributed by atoms with van der Waals surface area (Å²) in [6.45, 7) is 1.02. The van der Waals surface area contributed by atoms with Crippen LogP contribution in [-0.4, -0.2) is 71.2 Å². The minimum atomic E-state index is -4.15. The van der Waals surface area contributed by atoms with E-state index in [0.29, 0.717) is 5.82 Å². The van der Waals surface area contributed by atoms with Gasteiger partial charge >= 0.3 is 12.0 Å². The van der Waals surface area contributed by atoms with E-state index in [-0.39, 0.29) is 44.2 Å². The number of hydrogen-bond donors (Lipinski definition) is 0. The van der Waals surface area contributed by atoms with Crippen molar-refractivity contribution in [3.05, 3.63) is 53.9 Å². The molecule has 0 saturated carbocycles. The highest BCUT2D eigenvalue weighted by Crippen LogP contribution is 2.37. The summed E-state index contributed by atoms with van der Waals surface area (Å²) in [7, 11) is 0. The zero-order chi connectivity index (χ0) is 22.2. The summed E-state index contributed by atoms with van der Waals surface area (Å²) in [5.41, 5.74) is -1.50. The number of halogens is 3. The number of amides is 2. The number of aryl methyl sites for hydroxylation is 1. The predicted octanol–water partition coefficient (Wildman–Crippen LogP) is 1.79. The molecular weight excluding hydrogens is 417 g/mol. The summed E-state index contributed by atoms with van der Waals surface area (Å²) < 4.78 is 52.9. The Morgan fingerprint density at radius 2 is 1.90 bits per heavy atom. The molecule has 8 nitrogen and oxygen atoms in total. The molecule has 1 unspecified atom stereocenters. The maximum atomic E-state index is 14.6. The molecule has 0 N–H and O–H groups in total. The van der Waals surface area contributed by atoms with Gasteiger partial charge in [-0.05, 0) is 37.3 Å². The topological polar surface area (TPSA) is 84.9 Å². The molecule has 2 aliphatic heterocycles. The molecule has 0 bridgehead atoms. The normalized spacial score (nSPS) is 23.7. The van der Waals surface area contributed by atoms with Crippen LogP contribution in [0.3, 0.4) is 0 Å². The van der Waals surface area contributed by atoms with Crippen molar-refractivity contribution in [3.8, 4) is 0 Å². The summed E-state index contributed by atoms with van der Waals surface area (Å²) in [5, 5.41) is 0. The van der Waals surface area contributed by atoms with Gasteiger partial charge in [0.1, 0.15) is 22.9 Å².